The van der Waals surface area contributed by atoms with Crippen LogP contribution < -0.4 is 0 Å². The third kappa shape index (κ3) is 1.88. The molecule has 1 saturated heterocycles. The van der Waals surface area contributed by atoms with Crippen LogP contribution in [0.15, 0.2) is 18.3 Å². The molecule has 1 aromatic heterocycles. The lowest BCUT2D eigenvalue weighted by Gasteiger charge is -2.43. The van der Waals surface area contributed by atoms with Crippen molar-refractivity contribution in [2.24, 2.45) is 0 Å². The molecular formula is C11H12N2O5S. The van der Waals surface area contributed by atoms with Crippen LogP contribution in [0.2, 0.25) is 0 Å². The topological polar surface area (TPSA) is 105 Å². The summed E-state index contributed by atoms with van der Waals surface area (Å²) in [5.74, 6) is -1.71. The Labute approximate surface area is 109 Å². The van der Waals surface area contributed by atoms with Gasteiger partial charge in [0.25, 0.3) is 15.9 Å². The number of sulfonamides is 1. The van der Waals surface area contributed by atoms with E-state index >= 15 is 0 Å². The zero-order valence-corrected chi connectivity index (χ0v) is 11.1. The second kappa shape index (κ2) is 4.02. The molecule has 0 aliphatic carbocycles. The van der Waals surface area contributed by atoms with Crippen molar-refractivity contribution in [2.45, 2.75) is 25.1 Å². The summed E-state index contributed by atoms with van der Waals surface area (Å²) < 4.78 is 23.1. The number of carboxylic acid groups (broad SMARTS) is 1. The van der Waals surface area contributed by atoms with Crippen LogP contribution in [0.25, 0.3) is 0 Å². The maximum absolute atomic E-state index is 11.9. The first kappa shape index (κ1) is 13.5. The molecule has 0 radical (unpaired) electrons. The molecule has 19 heavy (non-hydrogen) atoms. The van der Waals surface area contributed by atoms with Crippen molar-refractivity contribution >= 4 is 21.9 Å². The van der Waals surface area contributed by atoms with Crippen LogP contribution in [0.4, 0.5) is 0 Å². The predicted molar refractivity (Wildman–Crippen MR) is 64.7 cm³/mol. The Morgan fingerprint density at radius 2 is 2.11 bits per heavy atom. The summed E-state index contributed by atoms with van der Waals surface area (Å²) >= 11 is 0. The van der Waals surface area contributed by atoms with Gasteiger partial charge >= 0.3 is 5.97 Å². The van der Waals surface area contributed by atoms with Gasteiger partial charge in [-0.15, -0.1) is 0 Å². The van der Waals surface area contributed by atoms with E-state index in [4.69, 9.17) is 5.11 Å². The molecule has 0 spiro atoms. The summed E-state index contributed by atoms with van der Waals surface area (Å²) in [6.45, 7) is 2.51. The number of hydrogen-bond donors (Lipinski definition) is 1. The van der Waals surface area contributed by atoms with Crippen molar-refractivity contribution in [1.82, 2.24) is 9.29 Å². The highest BCUT2D eigenvalue weighted by atomic mass is 32.2. The van der Waals surface area contributed by atoms with Crippen molar-refractivity contribution < 1.29 is 23.1 Å². The molecule has 2 rings (SSSR count). The molecule has 0 saturated carbocycles. The van der Waals surface area contributed by atoms with Gasteiger partial charge in [0.2, 0.25) is 0 Å². The molecule has 1 aliphatic heterocycles. The highest BCUT2D eigenvalue weighted by Gasteiger charge is 2.59. The average Bonchev–Trinajstić information content (AvgIpc) is 2.35. The minimum atomic E-state index is -3.67. The van der Waals surface area contributed by atoms with Gasteiger partial charge in [-0.2, -0.15) is 0 Å². The standard InChI is InChI=1S/C11H12N2O5S/c1-11(2)10(16)13(19(11,17)18)6-7-3-4-12-8(5-7)9(14)15/h3-5H,6H2,1-2H3,(H,14,15). The van der Waals surface area contributed by atoms with Crippen LogP contribution in [-0.2, 0) is 21.4 Å². The summed E-state index contributed by atoms with van der Waals surface area (Å²) in [6.07, 6.45) is 1.26. The van der Waals surface area contributed by atoms with Crippen molar-refractivity contribution in [3.63, 3.8) is 0 Å². The van der Waals surface area contributed by atoms with Gasteiger partial charge < -0.3 is 5.11 Å². The van der Waals surface area contributed by atoms with Crippen molar-refractivity contribution in [1.29, 1.82) is 0 Å². The van der Waals surface area contributed by atoms with Gasteiger partial charge in [-0.3, -0.25) is 4.79 Å². The Hall–Kier alpha value is -1.96. The molecule has 102 valence electrons. The molecule has 1 fully saturated rings. The lowest BCUT2D eigenvalue weighted by molar-refractivity contribution is -0.132. The van der Waals surface area contributed by atoms with Crippen LogP contribution in [-0.4, -0.2) is 39.4 Å². The summed E-state index contributed by atoms with van der Waals surface area (Å²) in [6, 6.07) is 2.72. The normalized spacial score (nSPS) is 19.9. The van der Waals surface area contributed by atoms with E-state index in [2.05, 4.69) is 4.98 Å². The third-order valence-corrected chi connectivity index (χ3v) is 5.39. The Balaban J connectivity index is 2.27. The molecule has 7 nitrogen and oxygen atoms in total. The highest BCUT2D eigenvalue weighted by Crippen LogP contribution is 2.35. The van der Waals surface area contributed by atoms with E-state index < -0.39 is 26.6 Å². The maximum Gasteiger partial charge on any atom is 0.354 e. The van der Waals surface area contributed by atoms with E-state index in [9.17, 15) is 18.0 Å². The summed E-state index contributed by atoms with van der Waals surface area (Å²) in [5, 5.41) is 8.79. The minimum Gasteiger partial charge on any atom is -0.477 e. The monoisotopic (exact) mass is 284 g/mol. The Bertz CT molecular complexity index is 665. The third-order valence-electron chi connectivity index (χ3n) is 3.05. The van der Waals surface area contributed by atoms with E-state index in [0.29, 0.717) is 5.56 Å². The zero-order valence-electron chi connectivity index (χ0n) is 10.3. The summed E-state index contributed by atoms with van der Waals surface area (Å²) in [7, 11) is -3.67. The second-order valence-corrected chi connectivity index (χ2v) is 7.09. The fourth-order valence-electron chi connectivity index (χ4n) is 1.77. The lowest BCUT2D eigenvalue weighted by Crippen LogP contribution is -2.66. The molecule has 0 unspecified atom stereocenters. The number of rotatable bonds is 3. The molecule has 2 heterocycles. The Kier molecular flexibility index (Phi) is 2.85. The first-order chi connectivity index (χ1) is 8.68. The van der Waals surface area contributed by atoms with Crippen molar-refractivity contribution in [3.05, 3.63) is 29.6 Å². The number of carbonyl (C=O) groups is 2. The SMILES string of the molecule is CC1(C)C(=O)N(Cc2ccnc(C(=O)O)c2)S1(=O)=O. The molecule has 0 aromatic carbocycles. The van der Waals surface area contributed by atoms with Gasteiger partial charge in [-0.25, -0.2) is 22.5 Å². The van der Waals surface area contributed by atoms with Crippen LogP contribution >= 0.6 is 0 Å². The smallest absolute Gasteiger partial charge is 0.354 e. The minimum absolute atomic E-state index is 0.173. The molecule has 8 heteroatoms. The van der Waals surface area contributed by atoms with Crippen LogP contribution in [0.1, 0.15) is 29.9 Å². The number of carbonyl (C=O) groups excluding carboxylic acids is 1. The van der Waals surface area contributed by atoms with E-state index in [1.807, 2.05) is 0 Å². The van der Waals surface area contributed by atoms with Gasteiger partial charge in [0, 0.05) is 6.20 Å². The highest BCUT2D eigenvalue weighted by molar-refractivity contribution is 7.94. The van der Waals surface area contributed by atoms with Crippen LogP contribution in [0.3, 0.4) is 0 Å². The Morgan fingerprint density at radius 1 is 1.47 bits per heavy atom. The summed E-state index contributed by atoms with van der Waals surface area (Å²) in [5.41, 5.74) is 0.210. The molecule has 1 aliphatic rings. The molecule has 0 bridgehead atoms. The first-order valence-electron chi connectivity index (χ1n) is 5.43. The number of aromatic carboxylic acids is 1. The van der Waals surface area contributed by atoms with Crippen LogP contribution in [0, 0.1) is 0 Å². The van der Waals surface area contributed by atoms with E-state index in [1.54, 1.807) is 0 Å². The van der Waals surface area contributed by atoms with Gasteiger partial charge in [0.05, 0.1) is 6.54 Å². The molecule has 1 N–H and O–H groups in total. The number of nitrogens with zero attached hydrogens (tertiary/aromatic N) is 2. The number of amides is 1. The fourth-order valence-corrected chi connectivity index (χ4v) is 3.28. The quantitative estimate of drug-likeness (QED) is 0.852. The lowest BCUT2D eigenvalue weighted by atomic mass is 10.1. The largest absolute Gasteiger partial charge is 0.477 e. The van der Waals surface area contributed by atoms with E-state index in [-0.39, 0.29) is 12.2 Å². The first-order valence-corrected chi connectivity index (χ1v) is 6.87. The van der Waals surface area contributed by atoms with E-state index in [1.165, 1.54) is 32.2 Å². The summed E-state index contributed by atoms with van der Waals surface area (Å²) in [4.78, 5) is 26.1. The number of aromatic nitrogens is 1. The van der Waals surface area contributed by atoms with E-state index in [0.717, 1.165) is 4.31 Å². The zero-order chi connectivity index (χ0) is 14.4. The van der Waals surface area contributed by atoms with Gasteiger partial charge in [0.15, 0.2) is 4.75 Å². The number of carboxylic acids is 1. The average molecular weight is 284 g/mol. The maximum atomic E-state index is 11.9. The van der Waals surface area contributed by atoms with Gasteiger partial charge in [-0.1, -0.05) is 0 Å². The molecular weight excluding hydrogens is 272 g/mol. The van der Waals surface area contributed by atoms with Gasteiger partial charge in [0.1, 0.15) is 5.69 Å². The predicted octanol–water partition coefficient (Wildman–Crippen LogP) is 0.230. The number of hydrogen-bond acceptors (Lipinski definition) is 5. The van der Waals surface area contributed by atoms with Gasteiger partial charge in [-0.05, 0) is 31.5 Å². The molecule has 1 aromatic rings. The Morgan fingerprint density at radius 3 is 2.63 bits per heavy atom. The van der Waals surface area contributed by atoms with Crippen molar-refractivity contribution in [2.75, 3.05) is 0 Å². The van der Waals surface area contributed by atoms with Crippen molar-refractivity contribution in [3.8, 4) is 0 Å². The van der Waals surface area contributed by atoms with Crippen LogP contribution in [0.5, 0.6) is 0 Å². The number of pyridine rings is 1. The fraction of sp³-hybridized carbons (Fsp3) is 0.364. The molecule has 0 atom stereocenters. The molecule has 1 amide bonds. The second-order valence-electron chi connectivity index (χ2n) is 4.68.